The zero-order valence-corrected chi connectivity index (χ0v) is 13.7. The van der Waals surface area contributed by atoms with Crippen LogP contribution in [0.2, 0.25) is 5.02 Å². The minimum absolute atomic E-state index is 0.310. The fraction of sp³-hybridized carbons (Fsp3) is 0. The molecule has 0 aliphatic carbocycles. The molecule has 0 unspecified atom stereocenters. The fourth-order valence-corrected chi connectivity index (χ4v) is 3.57. The normalized spacial score (nSPS) is 10.9. The molecule has 0 saturated heterocycles. The van der Waals surface area contributed by atoms with Crippen LogP contribution in [0.1, 0.15) is 0 Å². The van der Waals surface area contributed by atoms with Crippen LogP contribution in [-0.4, -0.2) is 10.2 Å². The minimum atomic E-state index is -0.382. The largest absolute Gasteiger partial charge is 0.382 e. The average Bonchev–Trinajstić information content (AvgIpc) is 2.96. The molecule has 7 heteroatoms. The van der Waals surface area contributed by atoms with Crippen molar-refractivity contribution in [3.63, 3.8) is 0 Å². The van der Waals surface area contributed by atoms with E-state index in [2.05, 4.69) is 32.8 Å². The number of halogens is 3. The third-order valence-corrected chi connectivity index (χ3v) is 4.95. The maximum Gasteiger partial charge on any atom is 0.153 e. The van der Waals surface area contributed by atoms with Gasteiger partial charge in [-0.2, -0.15) is 5.10 Å². The zero-order chi connectivity index (χ0) is 14.3. The van der Waals surface area contributed by atoms with Gasteiger partial charge in [-0.05, 0) is 46.9 Å². The molecule has 20 heavy (non-hydrogen) atoms. The number of H-pyrrole nitrogens is 1. The summed E-state index contributed by atoms with van der Waals surface area (Å²) in [5.41, 5.74) is 9.06. The Balaban J connectivity index is 2.21. The van der Waals surface area contributed by atoms with Crippen molar-refractivity contribution in [1.29, 1.82) is 0 Å². The Morgan fingerprint density at radius 1 is 1.35 bits per heavy atom. The van der Waals surface area contributed by atoms with Gasteiger partial charge in [-0.1, -0.05) is 11.6 Å². The molecule has 3 rings (SSSR count). The molecule has 2 aromatic heterocycles. The summed E-state index contributed by atoms with van der Waals surface area (Å²) in [4.78, 5) is 0. The van der Waals surface area contributed by atoms with Crippen LogP contribution >= 0.6 is 45.5 Å². The van der Waals surface area contributed by atoms with Crippen molar-refractivity contribution in [1.82, 2.24) is 10.2 Å². The third kappa shape index (κ3) is 2.43. The maximum atomic E-state index is 13.2. The summed E-state index contributed by atoms with van der Waals surface area (Å²) in [5, 5.41) is 9.28. The van der Waals surface area contributed by atoms with Crippen LogP contribution in [0.4, 0.5) is 10.2 Å². The molecule has 3 N–H and O–H groups in total. The van der Waals surface area contributed by atoms with Gasteiger partial charge in [-0.3, -0.25) is 5.10 Å². The number of nitrogens with one attached hydrogen (secondary N) is 1. The second kappa shape index (κ2) is 5.34. The molecule has 102 valence electrons. The summed E-state index contributed by atoms with van der Waals surface area (Å²) < 4.78 is 14.3. The van der Waals surface area contributed by atoms with Crippen LogP contribution in [0, 0.1) is 8.70 Å². The van der Waals surface area contributed by atoms with Crippen molar-refractivity contribution in [2.45, 2.75) is 0 Å². The second-order valence-electron chi connectivity index (χ2n) is 4.12. The molecule has 0 aliphatic rings. The molecule has 0 saturated carbocycles. The number of hydrogen-bond acceptors (Lipinski definition) is 3. The van der Waals surface area contributed by atoms with Crippen molar-refractivity contribution in [2.24, 2.45) is 0 Å². The summed E-state index contributed by atoms with van der Waals surface area (Å²) in [7, 11) is 0. The van der Waals surface area contributed by atoms with Crippen LogP contribution in [0.3, 0.4) is 0 Å². The van der Waals surface area contributed by atoms with Crippen LogP contribution < -0.4 is 5.73 Å². The first-order valence-corrected chi connectivity index (χ1v) is 7.93. The number of thiophene rings is 1. The standard InChI is InChI=1S/C13H8ClFIN3S/c14-9-4-7(15)1-2-8(9)11-12(18-19-13(11)17)6-3-10(16)20-5-6/h1-5H,(H3,17,18,19). The lowest BCUT2D eigenvalue weighted by Crippen LogP contribution is -1.90. The van der Waals surface area contributed by atoms with E-state index in [1.807, 2.05) is 11.4 Å². The predicted octanol–water partition coefficient (Wildman–Crippen LogP) is 4.78. The topological polar surface area (TPSA) is 54.7 Å². The number of aromatic amines is 1. The van der Waals surface area contributed by atoms with Gasteiger partial charge >= 0.3 is 0 Å². The van der Waals surface area contributed by atoms with Gasteiger partial charge in [0, 0.05) is 16.5 Å². The number of hydrogen-bond donors (Lipinski definition) is 2. The van der Waals surface area contributed by atoms with Gasteiger partial charge in [0.1, 0.15) is 5.82 Å². The Morgan fingerprint density at radius 3 is 2.80 bits per heavy atom. The molecular formula is C13H8ClFIN3S. The van der Waals surface area contributed by atoms with E-state index in [0.29, 0.717) is 22.0 Å². The summed E-state index contributed by atoms with van der Waals surface area (Å²) in [6.07, 6.45) is 0. The van der Waals surface area contributed by atoms with E-state index >= 15 is 0 Å². The Bertz CT molecular complexity index is 784. The molecule has 0 radical (unpaired) electrons. The van der Waals surface area contributed by atoms with Gasteiger partial charge in [0.15, 0.2) is 5.82 Å². The van der Waals surface area contributed by atoms with Crippen molar-refractivity contribution < 1.29 is 4.39 Å². The van der Waals surface area contributed by atoms with E-state index in [9.17, 15) is 4.39 Å². The molecule has 0 spiro atoms. The molecular weight excluding hydrogens is 412 g/mol. The van der Waals surface area contributed by atoms with Crippen molar-refractivity contribution in [3.8, 4) is 22.4 Å². The highest BCUT2D eigenvalue weighted by atomic mass is 127. The lowest BCUT2D eigenvalue weighted by atomic mass is 10.0. The molecule has 0 fully saturated rings. The summed E-state index contributed by atoms with van der Waals surface area (Å²) in [6, 6.07) is 6.26. The number of nitrogens with two attached hydrogens (primary N) is 1. The number of aromatic nitrogens is 2. The number of benzene rings is 1. The fourth-order valence-electron chi connectivity index (χ4n) is 1.97. The third-order valence-electron chi connectivity index (χ3n) is 2.85. The molecule has 3 nitrogen and oxygen atoms in total. The van der Waals surface area contributed by atoms with Crippen LogP contribution in [0.5, 0.6) is 0 Å². The molecule has 0 aliphatic heterocycles. The monoisotopic (exact) mass is 419 g/mol. The SMILES string of the molecule is Nc1n[nH]c(-c2csc(I)c2)c1-c1ccc(F)cc1Cl. The quantitative estimate of drug-likeness (QED) is 0.587. The highest BCUT2D eigenvalue weighted by Gasteiger charge is 2.18. The Kier molecular flexibility index (Phi) is 3.70. The van der Waals surface area contributed by atoms with Gasteiger partial charge < -0.3 is 5.73 Å². The maximum absolute atomic E-state index is 13.2. The Hall–Kier alpha value is -1.12. The number of nitrogens with zero attached hydrogens (tertiary/aromatic N) is 1. The predicted molar refractivity (Wildman–Crippen MR) is 89.4 cm³/mol. The van der Waals surface area contributed by atoms with E-state index in [4.69, 9.17) is 17.3 Å². The molecule has 0 atom stereocenters. The van der Waals surface area contributed by atoms with Gasteiger partial charge in [-0.15, -0.1) is 11.3 Å². The van der Waals surface area contributed by atoms with Gasteiger partial charge in [-0.25, -0.2) is 4.39 Å². The van der Waals surface area contributed by atoms with E-state index in [-0.39, 0.29) is 5.82 Å². The van der Waals surface area contributed by atoms with Crippen LogP contribution in [0.15, 0.2) is 29.6 Å². The summed E-state index contributed by atoms with van der Waals surface area (Å²) in [6.45, 7) is 0. The highest BCUT2D eigenvalue weighted by Crippen LogP contribution is 2.39. The van der Waals surface area contributed by atoms with Crippen LogP contribution in [0.25, 0.3) is 22.4 Å². The van der Waals surface area contributed by atoms with Gasteiger partial charge in [0.05, 0.1) is 19.2 Å². The van der Waals surface area contributed by atoms with E-state index < -0.39 is 0 Å². The molecule has 1 aromatic carbocycles. The second-order valence-corrected chi connectivity index (χ2v) is 7.34. The van der Waals surface area contributed by atoms with Crippen molar-refractivity contribution in [2.75, 3.05) is 5.73 Å². The first-order valence-electron chi connectivity index (χ1n) is 5.60. The Morgan fingerprint density at radius 2 is 2.15 bits per heavy atom. The first-order chi connectivity index (χ1) is 9.56. The summed E-state index contributed by atoms with van der Waals surface area (Å²) in [5.74, 6) is -0.0397. The average molecular weight is 420 g/mol. The lowest BCUT2D eigenvalue weighted by Gasteiger charge is -2.06. The van der Waals surface area contributed by atoms with E-state index in [0.717, 1.165) is 14.1 Å². The van der Waals surface area contributed by atoms with E-state index in [1.54, 1.807) is 17.4 Å². The Labute approximate surface area is 137 Å². The number of anilines is 1. The molecule has 3 aromatic rings. The molecule has 2 heterocycles. The van der Waals surface area contributed by atoms with E-state index in [1.165, 1.54) is 12.1 Å². The highest BCUT2D eigenvalue weighted by molar-refractivity contribution is 14.1. The minimum Gasteiger partial charge on any atom is -0.382 e. The summed E-state index contributed by atoms with van der Waals surface area (Å²) >= 11 is 9.99. The lowest BCUT2D eigenvalue weighted by molar-refractivity contribution is 0.628. The van der Waals surface area contributed by atoms with Crippen molar-refractivity contribution in [3.05, 3.63) is 43.4 Å². The first kappa shape index (κ1) is 13.8. The van der Waals surface area contributed by atoms with Crippen molar-refractivity contribution >= 4 is 51.3 Å². The molecule has 0 bridgehead atoms. The van der Waals surface area contributed by atoms with Crippen LogP contribution in [-0.2, 0) is 0 Å². The molecule has 0 amide bonds. The number of rotatable bonds is 2. The van der Waals surface area contributed by atoms with Gasteiger partial charge in [0.25, 0.3) is 0 Å². The zero-order valence-electron chi connectivity index (χ0n) is 9.95. The number of nitrogen functional groups attached to an aromatic ring is 1. The smallest absolute Gasteiger partial charge is 0.153 e. The van der Waals surface area contributed by atoms with Gasteiger partial charge in [0.2, 0.25) is 0 Å².